The minimum absolute atomic E-state index is 0.270. The quantitative estimate of drug-likeness (QED) is 0.427. The molecule has 2 aromatic carbocycles. The van der Waals surface area contributed by atoms with Crippen LogP contribution in [0.3, 0.4) is 0 Å². The number of nitrogens with zero attached hydrogens (tertiary/aromatic N) is 4. The Balaban J connectivity index is 1.46. The van der Waals surface area contributed by atoms with Crippen molar-refractivity contribution >= 4 is 34.9 Å². The first-order valence-corrected chi connectivity index (χ1v) is 10.5. The second-order valence-corrected chi connectivity index (χ2v) is 8.23. The number of amides is 1. The maximum absolute atomic E-state index is 12.8. The van der Waals surface area contributed by atoms with Crippen molar-refractivity contribution in [2.45, 2.75) is 26.9 Å². The number of aryl methyl sites for hydroxylation is 2. The summed E-state index contributed by atoms with van der Waals surface area (Å²) in [5.74, 6) is 0.0541. The standard InChI is InChI=1S/C23H21Cl2N5O/c1-15-10-16(2)30(27-15)13-18-4-3-5-19(11-18)23(31)26-22-21(25)14-29(28-22)12-17-6-8-20(24)9-7-17/h3-11,14H,12-13H2,1-2H3,(H,26,28,31). The van der Waals surface area contributed by atoms with Gasteiger partial charge in [-0.25, -0.2) is 0 Å². The van der Waals surface area contributed by atoms with E-state index in [2.05, 4.69) is 15.5 Å². The van der Waals surface area contributed by atoms with E-state index in [4.69, 9.17) is 23.2 Å². The Bertz CT molecular complexity index is 1230. The highest BCUT2D eigenvalue weighted by molar-refractivity contribution is 6.33. The minimum Gasteiger partial charge on any atom is -0.304 e. The lowest BCUT2D eigenvalue weighted by Crippen LogP contribution is -2.14. The van der Waals surface area contributed by atoms with Crippen LogP contribution in [0.2, 0.25) is 10.0 Å². The Morgan fingerprint density at radius 2 is 1.74 bits per heavy atom. The van der Waals surface area contributed by atoms with Crippen molar-refractivity contribution < 1.29 is 4.79 Å². The summed E-state index contributed by atoms with van der Waals surface area (Å²) < 4.78 is 3.60. The predicted molar refractivity (Wildman–Crippen MR) is 123 cm³/mol. The highest BCUT2D eigenvalue weighted by atomic mass is 35.5. The summed E-state index contributed by atoms with van der Waals surface area (Å²) in [5.41, 5.74) is 4.58. The van der Waals surface area contributed by atoms with E-state index in [9.17, 15) is 4.79 Å². The molecule has 0 spiro atoms. The first-order valence-electron chi connectivity index (χ1n) is 9.76. The van der Waals surface area contributed by atoms with Crippen molar-refractivity contribution in [3.05, 3.63) is 98.9 Å². The van der Waals surface area contributed by atoms with Crippen LogP contribution in [0.4, 0.5) is 5.82 Å². The fraction of sp³-hybridized carbons (Fsp3) is 0.174. The van der Waals surface area contributed by atoms with Crippen molar-refractivity contribution in [3.63, 3.8) is 0 Å². The SMILES string of the molecule is Cc1cc(C)n(Cc2cccc(C(=O)Nc3nn(Cc4ccc(Cl)cc4)cc3Cl)c2)n1. The number of anilines is 1. The minimum atomic E-state index is -0.270. The summed E-state index contributed by atoms with van der Waals surface area (Å²) in [5, 5.41) is 12.7. The molecule has 0 bridgehead atoms. The lowest BCUT2D eigenvalue weighted by molar-refractivity contribution is 0.102. The van der Waals surface area contributed by atoms with Gasteiger partial charge in [-0.3, -0.25) is 14.2 Å². The third-order valence-electron chi connectivity index (χ3n) is 4.83. The molecule has 158 valence electrons. The van der Waals surface area contributed by atoms with E-state index in [1.165, 1.54) is 0 Å². The molecule has 0 aliphatic heterocycles. The van der Waals surface area contributed by atoms with Gasteiger partial charge in [0, 0.05) is 22.5 Å². The molecule has 8 heteroatoms. The van der Waals surface area contributed by atoms with Crippen LogP contribution in [-0.2, 0) is 13.1 Å². The Morgan fingerprint density at radius 3 is 2.45 bits per heavy atom. The van der Waals surface area contributed by atoms with Crippen LogP contribution in [0.5, 0.6) is 0 Å². The third kappa shape index (κ3) is 5.16. The Hall–Kier alpha value is -3.09. The van der Waals surface area contributed by atoms with Gasteiger partial charge >= 0.3 is 0 Å². The fourth-order valence-electron chi connectivity index (χ4n) is 3.34. The number of hydrogen-bond donors (Lipinski definition) is 1. The van der Waals surface area contributed by atoms with Crippen LogP contribution in [-0.4, -0.2) is 25.5 Å². The molecule has 4 aromatic rings. The highest BCUT2D eigenvalue weighted by Crippen LogP contribution is 2.21. The summed E-state index contributed by atoms with van der Waals surface area (Å²) in [6, 6.07) is 17.0. The monoisotopic (exact) mass is 453 g/mol. The smallest absolute Gasteiger partial charge is 0.256 e. The van der Waals surface area contributed by atoms with Gasteiger partial charge < -0.3 is 5.32 Å². The van der Waals surface area contributed by atoms with Gasteiger partial charge in [-0.15, -0.1) is 0 Å². The third-order valence-corrected chi connectivity index (χ3v) is 5.36. The zero-order chi connectivity index (χ0) is 22.0. The van der Waals surface area contributed by atoms with Crippen molar-refractivity contribution in [3.8, 4) is 0 Å². The van der Waals surface area contributed by atoms with Crippen molar-refractivity contribution in [2.75, 3.05) is 5.32 Å². The molecule has 0 fully saturated rings. The van der Waals surface area contributed by atoms with Gasteiger partial charge in [0.1, 0.15) is 5.02 Å². The lowest BCUT2D eigenvalue weighted by Gasteiger charge is -2.08. The zero-order valence-corrected chi connectivity index (χ0v) is 18.7. The summed E-state index contributed by atoms with van der Waals surface area (Å²) in [7, 11) is 0. The summed E-state index contributed by atoms with van der Waals surface area (Å²) >= 11 is 12.2. The van der Waals surface area contributed by atoms with Gasteiger partial charge in [-0.1, -0.05) is 47.5 Å². The molecule has 1 N–H and O–H groups in total. The number of hydrogen-bond acceptors (Lipinski definition) is 3. The van der Waals surface area contributed by atoms with Crippen LogP contribution in [0, 0.1) is 13.8 Å². The molecular weight excluding hydrogens is 433 g/mol. The van der Waals surface area contributed by atoms with Gasteiger partial charge in [0.2, 0.25) is 0 Å². The van der Waals surface area contributed by atoms with E-state index in [0.29, 0.717) is 34.5 Å². The molecule has 0 aliphatic carbocycles. The first-order chi connectivity index (χ1) is 14.9. The second-order valence-electron chi connectivity index (χ2n) is 7.39. The molecule has 2 aromatic heterocycles. The topological polar surface area (TPSA) is 64.7 Å². The van der Waals surface area contributed by atoms with Gasteiger partial charge in [-0.2, -0.15) is 10.2 Å². The summed E-state index contributed by atoms with van der Waals surface area (Å²) in [6.07, 6.45) is 1.69. The molecule has 4 rings (SSSR count). The van der Waals surface area contributed by atoms with Gasteiger partial charge in [-0.05, 0) is 55.3 Å². The molecule has 0 radical (unpaired) electrons. The van der Waals surface area contributed by atoms with Crippen molar-refractivity contribution in [2.24, 2.45) is 0 Å². The summed E-state index contributed by atoms with van der Waals surface area (Å²) in [4.78, 5) is 12.8. The molecule has 0 atom stereocenters. The number of halogens is 2. The number of carbonyl (C=O) groups excluding carboxylic acids is 1. The number of aromatic nitrogens is 4. The van der Waals surface area contributed by atoms with E-state index in [0.717, 1.165) is 22.5 Å². The van der Waals surface area contributed by atoms with E-state index in [1.807, 2.05) is 67.1 Å². The maximum Gasteiger partial charge on any atom is 0.256 e. The van der Waals surface area contributed by atoms with Crippen LogP contribution < -0.4 is 5.32 Å². The molecule has 0 saturated heterocycles. The highest BCUT2D eigenvalue weighted by Gasteiger charge is 2.13. The van der Waals surface area contributed by atoms with Crippen LogP contribution >= 0.6 is 23.2 Å². The number of carbonyl (C=O) groups is 1. The zero-order valence-electron chi connectivity index (χ0n) is 17.1. The van der Waals surface area contributed by atoms with Crippen molar-refractivity contribution in [1.29, 1.82) is 0 Å². The van der Waals surface area contributed by atoms with Gasteiger partial charge in [0.15, 0.2) is 5.82 Å². The average Bonchev–Trinajstić information content (AvgIpc) is 3.24. The lowest BCUT2D eigenvalue weighted by atomic mass is 10.1. The molecule has 0 aliphatic rings. The first kappa shape index (κ1) is 21.2. The van der Waals surface area contributed by atoms with E-state index < -0.39 is 0 Å². The molecule has 0 unspecified atom stereocenters. The normalized spacial score (nSPS) is 11.0. The van der Waals surface area contributed by atoms with E-state index in [1.54, 1.807) is 16.9 Å². The van der Waals surface area contributed by atoms with Crippen LogP contribution in [0.1, 0.15) is 32.9 Å². The molecule has 31 heavy (non-hydrogen) atoms. The Morgan fingerprint density at radius 1 is 0.968 bits per heavy atom. The fourth-order valence-corrected chi connectivity index (χ4v) is 3.66. The van der Waals surface area contributed by atoms with E-state index in [-0.39, 0.29) is 5.91 Å². The number of rotatable bonds is 6. The van der Waals surface area contributed by atoms with Gasteiger partial charge in [0.25, 0.3) is 5.91 Å². The number of nitrogens with one attached hydrogen (secondary N) is 1. The van der Waals surface area contributed by atoms with Gasteiger partial charge in [0.05, 0.1) is 18.8 Å². The molecule has 1 amide bonds. The van der Waals surface area contributed by atoms with Crippen LogP contribution in [0.25, 0.3) is 0 Å². The molecule has 6 nitrogen and oxygen atoms in total. The molecule has 2 heterocycles. The summed E-state index contributed by atoms with van der Waals surface area (Å²) in [6.45, 7) is 5.09. The Labute approximate surface area is 190 Å². The Kier molecular flexibility index (Phi) is 6.11. The maximum atomic E-state index is 12.8. The largest absolute Gasteiger partial charge is 0.304 e. The number of benzene rings is 2. The van der Waals surface area contributed by atoms with Crippen molar-refractivity contribution in [1.82, 2.24) is 19.6 Å². The molecule has 0 saturated carbocycles. The predicted octanol–water partition coefficient (Wildman–Crippen LogP) is 5.35. The van der Waals surface area contributed by atoms with E-state index >= 15 is 0 Å². The molecular formula is C23H21Cl2N5O. The second kappa shape index (κ2) is 8.96. The van der Waals surface area contributed by atoms with Crippen LogP contribution in [0.15, 0.2) is 60.8 Å². The average molecular weight is 454 g/mol.